The molecule has 4 N–H and O–H groups in total. The monoisotopic (exact) mass is 483 g/mol. The fourth-order valence-corrected chi connectivity index (χ4v) is 4.09. The van der Waals surface area contributed by atoms with Gasteiger partial charge in [-0.15, -0.1) is 0 Å². The molecule has 1 aliphatic heterocycles. The molecule has 0 radical (unpaired) electrons. The predicted octanol–water partition coefficient (Wildman–Crippen LogP) is 4.33. The van der Waals surface area contributed by atoms with Gasteiger partial charge >= 0.3 is 6.18 Å². The zero-order chi connectivity index (χ0) is 24.8. The molecule has 4 rings (SSSR count). The Balaban J connectivity index is 1.36. The fourth-order valence-electron chi connectivity index (χ4n) is 4.09. The highest BCUT2D eigenvalue weighted by atomic mass is 19.4. The maximum atomic E-state index is 13.7. The molecule has 184 valence electrons. The van der Waals surface area contributed by atoms with E-state index in [1.807, 2.05) is 35.2 Å². The van der Waals surface area contributed by atoms with Crippen molar-refractivity contribution in [2.24, 2.45) is 0 Å². The topological polar surface area (TPSA) is 83.3 Å². The summed E-state index contributed by atoms with van der Waals surface area (Å²) in [5.41, 5.74) is 8.14. The summed E-state index contributed by atoms with van der Waals surface area (Å²) in [6, 6.07) is 15.4. The number of halogens is 3. The van der Waals surface area contributed by atoms with E-state index >= 15 is 0 Å². The number of nitrogens with one attached hydrogen (secondary N) is 2. The molecule has 0 bridgehead atoms. The number of nitrogen functional groups attached to an aromatic ring is 1. The van der Waals surface area contributed by atoms with Crippen molar-refractivity contribution in [3.05, 3.63) is 77.5 Å². The predicted molar refractivity (Wildman–Crippen MR) is 131 cm³/mol. The zero-order valence-corrected chi connectivity index (χ0v) is 19.2. The minimum Gasteiger partial charge on any atom is -0.384 e. The number of carbonyl (C=O) groups excluding carboxylic acids is 1. The summed E-state index contributed by atoms with van der Waals surface area (Å²) < 4.78 is 41.1. The van der Waals surface area contributed by atoms with Crippen LogP contribution >= 0.6 is 0 Å². The third-order valence-corrected chi connectivity index (χ3v) is 6.02. The van der Waals surface area contributed by atoms with Crippen molar-refractivity contribution in [3.63, 3.8) is 0 Å². The second-order valence-electron chi connectivity index (χ2n) is 8.61. The quantitative estimate of drug-likeness (QED) is 0.466. The van der Waals surface area contributed by atoms with Crippen LogP contribution in [0, 0.1) is 0 Å². The Bertz CT molecular complexity index is 1140. The van der Waals surface area contributed by atoms with Crippen LogP contribution in [0.1, 0.15) is 23.1 Å². The summed E-state index contributed by atoms with van der Waals surface area (Å²) in [5.74, 6) is 0.118. The molecule has 0 aliphatic carbocycles. The summed E-state index contributed by atoms with van der Waals surface area (Å²) in [4.78, 5) is 18.5. The van der Waals surface area contributed by atoms with Crippen molar-refractivity contribution in [2.75, 3.05) is 37.2 Å². The van der Waals surface area contributed by atoms with Gasteiger partial charge in [-0.05, 0) is 47.4 Å². The Labute approximate surface area is 202 Å². The largest absolute Gasteiger partial charge is 0.416 e. The first-order valence-corrected chi connectivity index (χ1v) is 11.5. The Morgan fingerprint density at radius 2 is 1.74 bits per heavy atom. The lowest BCUT2D eigenvalue weighted by atomic mass is 10.0. The van der Waals surface area contributed by atoms with Crippen LogP contribution in [0.15, 0.2) is 60.8 Å². The number of benzene rings is 2. The van der Waals surface area contributed by atoms with Crippen LogP contribution in [-0.2, 0) is 23.9 Å². The molecule has 1 fully saturated rings. The molecule has 0 spiro atoms. The van der Waals surface area contributed by atoms with Crippen molar-refractivity contribution in [3.8, 4) is 11.1 Å². The SMILES string of the molecule is Nc1ccc(-c2ccc(CCC(=O)Nc3ccc(CN4CCNCC4)c(C(F)(F)F)c3)cc2)cn1. The first kappa shape index (κ1) is 24.7. The molecule has 6 nitrogen and oxygen atoms in total. The maximum absolute atomic E-state index is 13.7. The molecule has 1 aromatic heterocycles. The van der Waals surface area contributed by atoms with Crippen molar-refractivity contribution >= 4 is 17.4 Å². The van der Waals surface area contributed by atoms with E-state index in [0.29, 0.717) is 25.3 Å². The highest BCUT2D eigenvalue weighted by molar-refractivity contribution is 5.91. The Morgan fingerprint density at radius 3 is 2.40 bits per heavy atom. The lowest BCUT2D eigenvalue weighted by molar-refractivity contribution is -0.138. The highest BCUT2D eigenvalue weighted by Gasteiger charge is 2.34. The van der Waals surface area contributed by atoms with Crippen LogP contribution in [-0.4, -0.2) is 42.0 Å². The number of alkyl halides is 3. The van der Waals surface area contributed by atoms with E-state index in [-0.39, 0.29) is 30.1 Å². The molecule has 1 saturated heterocycles. The van der Waals surface area contributed by atoms with Crippen LogP contribution in [0.2, 0.25) is 0 Å². The average Bonchev–Trinajstić information content (AvgIpc) is 2.84. The number of piperazine rings is 1. The molecule has 0 atom stereocenters. The van der Waals surface area contributed by atoms with E-state index in [4.69, 9.17) is 5.73 Å². The molecule has 1 amide bonds. The lowest BCUT2D eigenvalue weighted by Gasteiger charge is -2.28. The highest BCUT2D eigenvalue weighted by Crippen LogP contribution is 2.34. The molecule has 1 aliphatic rings. The minimum atomic E-state index is -4.49. The molecule has 35 heavy (non-hydrogen) atoms. The number of nitrogens with zero attached hydrogens (tertiary/aromatic N) is 2. The molecule has 0 unspecified atom stereocenters. The fraction of sp³-hybridized carbons (Fsp3) is 0.308. The van der Waals surface area contributed by atoms with E-state index in [1.54, 1.807) is 18.3 Å². The first-order valence-electron chi connectivity index (χ1n) is 11.5. The van der Waals surface area contributed by atoms with Crippen LogP contribution in [0.5, 0.6) is 0 Å². The number of aryl methyl sites for hydroxylation is 1. The smallest absolute Gasteiger partial charge is 0.384 e. The molecular formula is C26H28F3N5O. The Hall–Kier alpha value is -3.43. The number of pyridine rings is 1. The third kappa shape index (κ3) is 6.80. The van der Waals surface area contributed by atoms with Gasteiger partial charge in [-0.3, -0.25) is 9.69 Å². The number of nitrogens with two attached hydrogens (primary N) is 1. The van der Waals surface area contributed by atoms with Gasteiger partial charge in [-0.25, -0.2) is 4.98 Å². The summed E-state index contributed by atoms with van der Waals surface area (Å²) in [6.07, 6.45) is -2.17. The van der Waals surface area contributed by atoms with E-state index in [0.717, 1.165) is 35.8 Å². The average molecular weight is 484 g/mol. The second-order valence-corrected chi connectivity index (χ2v) is 8.61. The van der Waals surface area contributed by atoms with Gasteiger partial charge in [0.05, 0.1) is 5.56 Å². The zero-order valence-electron chi connectivity index (χ0n) is 19.2. The number of hydrogen-bond donors (Lipinski definition) is 3. The Morgan fingerprint density at radius 1 is 1.03 bits per heavy atom. The maximum Gasteiger partial charge on any atom is 0.416 e. The molecular weight excluding hydrogens is 455 g/mol. The van der Waals surface area contributed by atoms with Gasteiger partial charge < -0.3 is 16.4 Å². The summed E-state index contributed by atoms with van der Waals surface area (Å²) in [7, 11) is 0. The van der Waals surface area contributed by atoms with Gasteiger partial charge in [-0.2, -0.15) is 13.2 Å². The van der Waals surface area contributed by atoms with Crippen LogP contribution in [0.25, 0.3) is 11.1 Å². The number of amides is 1. The van der Waals surface area contributed by atoms with Crippen molar-refractivity contribution < 1.29 is 18.0 Å². The van der Waals surface area contributed by atoms with Crippen molar-refractivity contribution in [2.45, 2.75) is 25.6 Å². The summed E-state index contributed by atoms with van der Waals surface area (Å²) in [5, 5.41) is 5.81. The number of hydrogen-bond acceptors (Lipinski definition) is 5. The number of carbonyl (C=O) groups is 1. The number of rotatable bonds is 7. The van der Waals surface area contributed by atoms with Gasteiger partial charge in [-0.1, -0.05) is 30.3 Å². The molecule has 9 heteroatoms. The van der Waals surface area contributed by atoms with Crippen LogP contribution in [0.3, 0.4) is 0 Å². The van der Waals surface area contributed by atoms with E-state index in [1.165, 1.54) is 6.07 Å². The third-order valence-electron chi connectivity index (χ3n) is 6.02. The van der Waals surface area contributed by atoms with Crippen molar-refractivity contribution in [1.29, 1.82) is 0 Å². The minimum absolute atomic E-state index is 0.151. The van der Waals surface area contributed by atoms with E-state index in [2.05, 4.69) is 15.6 Å². The standard InChI is InChI=1S/C26H28F3N5O/c27-26(28,29)23-15-22(8-6-21(23)17-34-13-11-31-12-14-34)33-25(35)10-3-18-1-4-19(5-2-18)20-7-9-24(30)32-16-20/h1-2,4-9,15-16,31H,3,10-14,17H2,(H2,30,32)(H,33,35). The molecule has 3 aromatic rings. The van der Waals surface area contributed by atoms with Crippen molar-refractivity contribution in [1.82, 2.24) is 15.2 Å². The molecule has 0 saturated carbocycles. The van der Waals surface area contributed by atoms with Gasteiger partial charge in [0.15, 0.2) is 0 Å². The van der Waals surface area contributed by atoms with E-state index < -0.39 is 11.7 Å². The number of aromatic nitrogens is 1. The molecule has 2 aromatic carbocycles. The lowest BCUT2D eigenvalue weighted by Crippen LogP contribution is -2.43. The number of anilines is 2. The van der Waals surface area contributed by atoms with E-state index in [9.17, 15) is 18.0 Å². The Kier molecular flexibility index (Phi) is 7.67. The summed E-state index contributed by atoms with van der Waals surface area (Å²) in [6.45, 7) is 3.15. The van der Waals surface area contributed by atoms with Gasteiger partial charge in [0.2, 0.25) is 5.91 Å². The van der Waals surface area contributed by atoms with Gasteiger partial charge in [0.25, 0.3) is 0 Å². The second kappa shape index (κ2) is 10.9. The first-order chi connectivity index (χ1) is 16.8. The van der Waals surface area contributed by atoms with Gasteiger partial charge in [0, 0.05) is 56.6 Å². The van der Waals surface area contributed by atoms with Crippen LogP contribution < -0.4 is 16.4 Å². The molecule has 2 heterocycles. The summed E-state index contributed by atoms with van der Waals surface area (Å²) >= 11 is 0. The van der Waals surface area contributed by atoms with Gasteiger partial charge in [0.1, 0.15) is 5.82 Å². The van der Waals surface area contributed by atoms with Crippen LogP contribution in [0.4, 0.5) is 24.7 Å². The normalized spacial score (nSPS) is 14.6.